The molecule has 138 valence electrons. The molecular weight excluding hydrogens is 360 g/mol. The highest BCUT2D eigenvalue weighted by Crippen LogP contribution is 2.33. The summed E-state index contributed by atoms with van der Waals surface area (Å²) in [5.41, 5.74) is 3.11. The second kappa shape index (κ2) is 6.79. The molecule has 4 aromatic rings. The molecule has 0 aliphatic heterocycles. The van der Waals surface area contributed by atoms with E-state index >= 15 is 0 Å². The van der Waals surface area contributed by atoms with Gasteiger partial charge in [0.05, 0.1) is 40.8 Å². The lowest BCUT2D eigenvalue weighted by Crippen LogP contribution is -3.04. The van der Waals surface area contributed by atoms with E-state index in [1.807, 2.05) is 45.3 Å². The highest BCUT2D eigenvalue weighted by Gasteiger charge is 2.21. The summed E-state index contributed by atoms with van der Waals surface area (Å²) in [6.07, 6.45) is 2.12. The fourth-order valence-electron chi connectivity index (χ4n) is 3.31. The number of rotatable bonds is 4. The van der Waals surface area contributed by atoms with Crippen LogP contribution in [0, 0.1) is 0 Å². The lowest BCUT2D eigenvalue weighted by Gasteiger charge is -2.14. The number of hydrogen-bond acceptors (Lipinski definition) is 5. The van der Waals surface area contributed by atoms with E-state index in [-0.39, 0.29) is 11.2 Å². The van der Waals surface area contributed by atoms with Crippen molar-refractivity contribution in [2.75, 3.05) is 14.1 Å². The summed E-state index contributed by atoms with van der Waals surface area (Å²) >= 11 is 1.48. The van der Waals surface area contributed by atoms with Crippen molar-refractivity contribution in [2.24, 2.45) is 0 Å². The minimum atomic E-state index is -0.111. The zero-order chi connectivity index (χ0) is 19.1. The molecule has 0 unspecified atom stereocenters. The Morgan fingerprint density at radius 3 is 2.74 bits per heavy atom. The first-order valence-corrected chi connectivity index (χ1v) is 9.75. The number of nitrogens with zero attached hydrogens (tertiary/aromatic N) is 1. The van der Waals surface area contributed by atoms with Gasteiger partial charge in [-0.2, -0.15) is 0 Å². The minimum absolute atomic E-state index is 0.111. The van der Waals surface area contributed by atoms with Gasteiger partial charge in [0.15, 0.2) is 0 Å². The Morgan fingerprint density at radius 2 is 2.04 bits per heavy atom. The van der Waals surface area contributed by atoms with Crippen molar-refractivity contribution >= 4 is 32.5 Å². The van der Waals surface area contributed by atoms with Crippen LogP contribution in [0.1, 0.15) is 18.1 Å². The average molecular weight is 381 g/mol. The summed E-state index contributed by atoms with van der Waals surface area (Å²) in [6.45, 7) is 2.53. The SMILES string of the molecule is CCc1cc2c(=O)c(-c3nc4ccccc4s3)coc2c(C[NH+](C)C)c1O. The molecule has 2 heterocycles. The van der Waals surface area contributed by atoms with Crippen LogP contribution in [-0.4, -0.2) is 24.2 Å². The zero-order valence-corrected chi connectivity index (χ0v) is 16.3. The number of aromatic nitrogens is 1. The van der Waals surface area contributed by atoms with Gasteiger partial charge < -0.3 is 14.4 Å². The Hall–Kier alpha value is -2.70. The summed E-state index contributed by atoms with van der Waals surface area (Å²) in [5, 5.41) is 11.8. The normalized spacial score (nSPS) is 11.7. The smallest absolute Gasteiger partial charge is 0.202 e. The number of para-hydroxylation sites is 1. The molecule has 2 N–H and O–H groups in total. The number of aromatic hydroxyl groups is 1. The number of phenolic OH excluding ortho intramolecular Hbond substituents is 1. The maximum Gasteiger partial charge on any atom is 0.202 e. The first-order chi connectivity index (χ1) is 13.0. The van der Waals surface area contributed by atoms with Crippen LogP contribution in [0.2, 0.25) is 0 Å². The van der Waals surface area contributed by atoms with Crippen LogP contribution in [0.4, 0.5) is 0 Å². The number of quaternary nitrogens is 1. The van der Waals surface area contributed by atoms with Gasteiger partial charge in [-0.3, -0.25) is 4.79 Å². The number of hydrogen-bond donors (Lipinski definition) is 2. The molecule has 0 fully saturated rings. The van der Waals surface area contributed by atoms with Crippen molar-refractivity contribution in [1.29, 1.82) is 0 Å². The lowest BCUT2D eigenvalue weighted by atomic mass is 10.0. The lowest BCUT2D eigenvalue weighted by molar-refractivity contribution is -0.872. The second-order valence-electron chi connectivity index (χ2n) is 6.94. The molecule has 0 spiro atoms. The Labute approximate surface area is 160 Å². The number of aryl methyl sites for hydroxylation is 1. The minimum Gasteiger partial charge on any atom is -0.507 e. The fraction of sp³-hybridized carbons (Fsp3) is 0.238. The molecule has 0 saturated heterocycles. The second-order valence-corrected chi connectivity index (χ2v) is 7.97. The van der Waals surface area contributed by atoms with Crippen LogP contribution < -0.4 is 10.3 Å². The molecule has 0 bridgehead atoms. The molecule has 0 atom stereocenters. The van der Waals surface area contributed by atoms with Crippen LogP contribution in [-0.2, 0) is 13.0 Å². The molecule has 0 radical (unpaired) electrons. The van der Waals surface area contributed by atoms with E-state index in [1.54, 1.807) is 6.07 Å². The van der Waals surface area contributed by atoms with Gasteiger partial charge in [0.2, 0.25) is 5.43 Å². The largest absolute Gasteiger partial charge is 0.507 e. The van der Waals surface area contributed by atoms with Crippen molar-refractivity contribution in [3.8, 4) is 16.3 Å². The van der Waals surface area contributed by atoms with Gasteiger partial charge in [-0.25, -0.2) is 4.98 Å². The first-order valence-electron chi connectivity index (χ1n) is 8.93. The molecule has 2 aromatic carbocycles. The quantitative estimate of drug-likeness (QED) is 0.570. The molecule has 27 heavy (non-hydrogen) atoms. The van der Waals surface area contributed by atoms with Gasteiger partial charge >= 0.3 is 0 Å². The van der Waals surface area contributed by atoms with E-state index < -0.39 is 0 Å². The Bertz CT molecular complexity index is 1170. The molecule has 2 aromatic heterocycles. The van der Waals surface area contributed by atoms with E-state index in [0.29, 0.717) is 40.1 Å². The molecule has 0 aliphatic carbocycles. The molecule has 5 nitrogen and oxygen atoms in total. The van der Waals surface area contributed by atoms with Gasteiger partial charge in [0.25, 0.3) is 0 Å². The van der Waals surface area contributed by atoms with Crippen molar-refractivity contribution < 1.29 is 14.4 Å². The number of thiazole rings is 1. The summed E-state index contributed by atoms with van der Waals surface area (Å²) in [7, 11) is 4.00. The molecule has 0 aliphatic rings. The Balaban J connectivity index is 1.98. The predicted molar refractivity (Wildman–Crippen MR) is 109 cm³/mol. The third kappa shape index (κ3) is 3.01. The number of benzene rings is 2. The molecule has 0 amide bonds. The first kappa shape index (κ1) is 17.7. The molecule has 6 heteroatoms. The molecule has 0 saturated carbocycles. The number of fused-ring (bicyclic) bond motifs is 2. The van der Waals surface area contributed by atoms with Crippen LogP contribution in [0.3, 0.4) is 0 Å². The van der Waals surface area contributed by atoms with Crippen molar-refractivity contribution in [1.82, 2.24) is 4.98 Å². The van der Waals surface area contributed by atoms with Crippen LogP contribution in [0.15, 0.2) is 45.8 Å². The van der Waals surface area contributed by atoms with Gasteiger partial charge in [-0.1, -0.05) is 19.1 Å². The van der Waals surface area contributed by atoms with Crippen LogP contribution >= 0.6 is 11.3 Å². The highest BCUT2D eigenvalue weighted by molar-refractivity contribution is 7.21. The van der Waals surface area contributed by atoms with E-state index in [2.05, 4.69) is 4.98 Å². The van der Waals surface area contributed by atoms with Crippen molar-refractivity contribution in [3.05, 3.63) is 57.9 Å². The zero-order valence-electron chi connectivity index (χ0n) is 15.5. The number of phenols is 1. The number of nitrogens with one attached hydrogen (secondary N) is 1. The summed E-state index contributed by atoms with van der Waals surface area (Å²) < 4.78 is 6.91. The maximum absolute atomic E-state index is 13.2. The third-order valence-corrected chi connectivity index (χ3v) is 5.72. The van der Waals surface area contributed by atoms with E-state index in [4.69, 9.17) is 4.42 Å². The van der Waals surface area contributed by atoms with Gasteiger partial charge in [-0.05, 0) is 30.2 Å². The van der Waals surface area contributed by atoms with Crippen LogP contribution in [0.5, 0.6) is 5.75 Å². The van der Waals surface area contributed by atoms with E-state index in [1.165, 1.54) is 17.6 Å². The average Bonchev–Trinajstić information content (AvgIpc) is 3.07. The monoisotopic (exact) mass is 381 g/mol. The molecule has 4 rings (SSSR count). The predicted octanol–water partition coefficient (Wildman–Crippen LogP) is 2.98. The van der Waals surface area contributed by atoms with Crippen molar-refractivity contribution in [3.63, 3.8) is 0 Å². The highest BCUT2D eigenvalue weighted by atomic mass is 32.1. The summed E-state index contributed by atoms with van der Waals surface area (Å²) in [6, 6.07) is 9.57. The van der Waals surface area contributed by atoms with Gasteiger partial charge in [0, 0.05) is 0 Å². The standard InChI is InChI=1S/C21H20N2O3S/c1-4-12-9-13-19(25)15(21-22-16-7-5-6-8-17(16)27-21)11-26-20(13)14(18(12)24)10-23(2)3/h5-9,11,24H,4,10H2,1-3H3/p+1. The fourth-order valence-corrected chi connectivity index (χ4v) is 4.28. The van der Waals surface area contributed by atoms with Gasteiger partial charge in [0.1, 0.15) is 29.1 Å². The molecular formula is C21H21N2O3S+. The van der Waals surface area contributed by atoms with Gasteiger partial charge in [-0.15, -0.1) is 11.3 Å². The van der Waals surface area contributed by atoms with Crippen molar-refractivity contribution in [2.45, 2.75) is 19.9 Å². The third-order valence-electron chi connectivity index (χ3n) is 4.65. The van der Waals surface area contributed by atoms with E-state index in [9.17, 15) is 9.90 Å². The maximum atomic E-state index is 13.2. The van der Waals surface area contributed by atoms with Crippen LogP contribution in [0.25, 0.3) is 31.8 Å². The summed E-state index contributed by atoms with van der Waals surface area (Å²) in [4.78, 5) is 19.0. The Morgan fingerprint density at radius 1 is 1.26 bits per heavy atom. The topological polar surface area (TPSA) is 67.8 Å². The Kier molecular flexibility index (Phi) is 4.45. The van der Waals surface area contributed by atoms with E-state index in [0.717, 1.165) is 20.7 Å². The summed E-state index contributed by atoms with van der Waals surface area (Å²) in [5.74, 6) is 0.224.